The SMILES string of the molecule is CSc1nc(Cl)nc2ccccc12. The highest BCUT2D eigenvalue weighted by molar-refractivity contribution is 7.98. The molecule has 1 aromatic heterocycles. The number of fused-ring (bicyclic) bond motifs is 1. The molecule has 0 amide bonds. The fraction of sp³-hybridized carbons (Fsp3) is 0.111. The molecular weight excluding hydrogens is 204 g/mol. The van der Waals surface area contributed by atoms with Crippen LogP contribution in [0.1, 0.15) is 0 Å². The summed E-state index contributed by atoms with van der Waals surface area (Å²) < 4.78 is 0. The Morgan fingerprint density at radius 2 is 2.00 bits per heavy atom. The molecule has 2 aromatic rings. The van der Waals surface area contributed by atoms with Gasteiger partial charge in [-0.05, 0) is 23.9 Å². The molecule has 66 valence electrons. The minimum absolute atomic E-state index is 0.308. The number of para-hydroxylation sites is 1. The van der Waals surface area contributed by atoms with Gasteiger partial charge in [-0.1, -0.05) is 18.2 Å². The first kappa shape index (κ1) is 8.78. The number of rotatable bonds is 1. The zero-order valence-electron chi connectivity index (χ0n) is 6.99. The van der Waals surface area contributed by atoms with Crippen LogP contribution in [-0.2, 0) is 0 Å². The second-order valence-electron chi connectivity index (χ2n) is 2.52. The molecule has 4 heteroatoms. The first-order valence-corrected chi connectivity index (χ1v) is 5.38. The molecule has 0 bridgehead atoms. The number of thioether (sulfide) groups is 1. The van der Waals surface area contributed by atoms with Gasteiger partial charge in [0.2, 0.25) is 5.28 Å². The van der Waals surface area contributed by atoms with E-state index in [1.807, 2.05) is 30.5 Å². The third kappa shape index (κ3) is 1.62. The molecule has 0 aliphatic rings. The second kappa shape index (κ2) is 3.52. The number of nitrogens with zero attached hydrogens (tertiary/aromatic N) is 2. The Morgan fingerprint density at radius 1 is 1.23 bits per heavy atom. The van der Waals surface area contributed by atoms with E-state index in [-0.39, 0.29) is 0 Å². The molecule has 1 aromatic carbocycles. The fourth-order valence-corrected chi connectivity index (χ4v) is 1.97. The molecule has 2 nitrogen and oxygen atoms in total. The third-order valence-electron chi connectivity index (χ3n) is 1.73. The average molecular weight is 211 g/mol. The van der Waals surface area contributed by atoms with E-state index in [0.29, 0.717) is 5.28 Å². The summed E-state index contributed by atoms with van der Waals surface area (Å²) in [7, 11) is 0. The molecule has 0 fully saturated rings. The summed E-state index contributed by atoms with van der Waals surface area (Å²) >= 11 is 7.34. The van der Waals surface area contributed by atoms with E-state index in [0.717, 1.165) is 15.9 Å². The van der Waals surface area contributed by atoms with Crippen molar-refractivity contribution in [2.24, 2.45) is 0 Å². The highest BCUT2D eigenvalue weighted by Crippen LogP contribution is 2.24. The Bertz CT molecular complexity index is 445. The average Bonchev–Trinajstić information content (AvgIpc) is 2.16. The van der Waals surface area contributed by atoms with Crippen LogP contribution in [0.2, 0.25) is 5.28 Å². The first-order valence-electron chi connectivity index (χ1n) is 3.77. The highest BCUT2D eigenvalue weighted by Gasteiger charge is 2.03. The van der Waals surface area contributed by atoms with Gasteiger partial charge in [0.15, 0.2) is 0 Å². The topological polar surface area (TPSA) is 25.8 Å². The smallest absolute Gasteiger partial charge is 0.218 e. The van der Waals surface area contributed by atoms with Crippen molar-refractivity contribution in [1.82, 2.24) is 9.97 Å². The molecule has 1 heterocycles. The second-order valence-corrected chi connectivity index (χ2v) is 3.65. The maximum Gasteiger partial charge on any atom is 0.224 e. The van der Waals surface area contributed by atoms with Crippen molar-refractivity contribution < 1.29 is 0 Å². The van der Waals surface area contributed by atoms with Gasteiger partial charge in [-0.3, -0.25) is 0 Å². The molecule has 0 saturated carbocycles. The van der Waals surface area contributed by atoms with E-state index in [1.165, 1.54) is 0 Å². The van der Waals surface area contributed by atoms with Crippen LogP contribution < -0.4 is 0 Å². The molecule has 0 spiro atoms. The summed E-state index contributed by atoms with van der Waals surface area (Å²) in [5.41, 5.74) is 0.895. The molecule has 2 rings (SSSR count). The number of aromatic nitrogens is 2. The van der Waals surface area contributed by atoms with Crippen molar-refractivity contribution >= 4 is 34.3 Å². The highest BCUT2D eigenvalue weighted by atomic mass is 35.5. The third-order valence-corrected chi connectivity index (χ3v) is 2.60. The van der Waals surface area contributed by atoms with Crippen molar-refractivity contribution in [2.75, 3.05) is 6.26 Å². The van der Waals surface area contributed by atoms with Gasteiger partial charge in [-0.2, -0.15) is 0 Å². The number of hydrogen-bond donors (Lipinski definition) is 0. The summed E-state index contributed by atoms with van der Waals surface area (Å²) in [4.78, 5) is 8.26. The van der Waals surface area contributed by atoms with Crippen LogP contribution in [0.25, 0.3) is 10.9 Å². The van der Waals surface area contributed by atoms with Crippen molar-refractivity contribution in [3.8, 4) is 0 Å². The Balaban J connectivity index is 2.81. The van der Waals surface area contributed by atoms with Gasteiger partial charge in [0.1, 0.15) is 5.03 Å². The van der Waals surface area contributed by atoms with Crippen molar-refractivity contribution in [2.45, 2.75) is 5.03 Å². The summed E-state index contributed by atoms with van der Waals surface area (Å²) in [5.74, 6) is 0. The van der Waals surface area contributed by atoms with Gasteiger partial charge in [-0.15, -0.1) is 11.8 Å². The number of hydrogen-bond acceptors (Lipinski definition) is 3. The van der Waals surface area contributed by atoms with Crippen molar-refractivity contribution in [3.63, 3.8) is 0 Å². The fourth-order valence-electron chi connectivity index (χ4n) is 1.18. The van der Waals surface area contributed by atoms with Crippen LogP contribution in [0, 0.1) is 0 Å². The maximum atomic E-state index is 5.77. The molecular formula is C9H7ClN2S. The molecule has 0 atom stereocenters. The largest absolute Gasteiger partial charge is 0.224 e. The predicted molar refractivity (Wildman–Crippen MR) is 56.3 cm³/mol. The van der Waals surface area contributed by atoms with E-state index in [4.69, 9.17) is 11.6 Å². The monoisotopic (exact) mass is 210 g/mol. The molecule has 0 aliphatic heterocycles. The van der Waals surface area contributed by atoms with Crippen LogP contribution >= 0.6 is 23.4 Å². The van der Waals surface area contributed by atoms with Gasteiger partial charge in [0.05, 0.1) is 5.52 Å². The lowest BCUT2D eigenvalue weighted by molar-refractivity contribution is 1.10. The summed E-state index contributed by atoms with van der Waals surface area (Å²) in [6.07, 6.45) is 1.98. The zero-order chi connectivity index (χ0) is 9.26. The van der Waals surface area contributed by atoms with E-state index in [1.54, 1.807) is 11.8 Å². The van der Waals surface area contributed by atoms with Crippen LogP contribution in [0.4, 0.5) is 0 Å². The van der Waals surface area contributed by atoms with Crippen LogP contribution in [0.3, 0.4) is 0 Å². The first-order chi connectivity index (χ1) is 6.31. The Morgan fingerprint density at radius 3 is 2.77 bits per heavy atom. The number of benzene rings is 1. The van der Waals surface area contributed by atoms with Crippen LogP contribution in [-0.4, -0.2) is 16.2 Å². The molecule has 0 radical (unpaired) electrons. The van der Waals surface area contributed by atoms with Crippen molar-refractivity contribution in [1.29, 1.82) is 0 Å². The lowest BCUT2D eigenvalue weighted by Gasteiger charge is -2.01. The zero-order valence-corrected chi connectivity index (χ0v) is 8.56. The van der Waals surface area contributed by atoms with Crippen LogP contribution in [0.5, 0.6) is 0 Å². The Labute approximate surface area is 85.3 Å². The quantitative estimate of drug-likeness (QED) is 0.411. The van der Waals surface area contributed by atoms with Gasteiger partial charge in [-0.25, -0.2) is 9.97 Å². The lowest BCUT2D eigenvalue weighted by atomic mass is 10.2. The lowest BCUT2D eigenvalue weighted by Crippen LogP contribution is -1.87. The van der Waals surface area contributed by atoms with Gasteiger partial charge in [0.25, 0.3) is 0 Å². The Hall–Kier alpha value is -0.800. The summed E-state index contributed by atoms with van der Waals surface area (Å²) in [6.45, 7) is 0. The van der Waals surface area contributed by atoms with E-state index in [9.17, 15) is 0 Å². The molecule has 0 saturated heterocycles. The summed E-state index contributed by atoms with van der Waals surface area (Å²) in [6, 6.07) is 7.84. The van der Waals surface area contributed by atoms with Crippen LogP contribution in [0.15, 0.2) is 29.3 Å². The minimum atomic E-state index is 0.308. The normalized spacial score (nSPS) is 10.6. The molecule has 0 N–H and O–H groups in total. The predicted octanol–water partition coefficient (Wildman–Crippen LogP) is 3.01. The summed E-state index contributed by atoms with van der Waals surface area (Å²) in [5, 5.41) is 2.29. The van der Waals surface area contributed by atoms with Gasteiger partial charge in [0, 0.05) is 5.39 Å². The van der Waals surface area contributed by atoms with Gasteiger partial charge >= 0.3 is 0 Å². The van der Waals surface area contributed by atoms with Gasteiger partial charge < -0.3 is 0 Å². The van der Waals surface area contributed by atoms with E-state index >= 15 is 0 Å². The molecule has 0 unspecified atom stereocenters. The van der Waals surface area contributed by atoms with E-state index < -0.39 is 0 Å². The van der Waals surface area contributed by atoms with Crippen molar-refractivity contribution in [3.05, 3.63) is 29.5 Å². The molecule has 0 aliphatic carbocycles. The Kier molecular flexibility index (Phi) is 2.38. The number of halogens is 1. The standard InChI is InChI=1S/C9H7ClN2S/c1-13-8-6-4-2-3-5-7(6)11-9(10)12-8/h2-5H,1H3. The minimum Gasteiger partial charge on any atom is -0.218 e. The molecule has 13 heavy (non-hydrogen) atoms. The maximum absolute atomic E-state index is 5.77. The van der Waals surface area contributed by atoms with E-state index in [2.05, 4.69) is 9.97 Å².